The molecule has 0 aromatic rings. The highest BCUT2D eigenvalue weighted by molar-refractivity contribution is 5.44. The van der Waals surface area contributed by atoms with Gasteiger partial charge in [-0.1, -0.05) is 0 Å². The predicted octanol–water partition coefficient (Wildman–Crippen LogP) is 0.179. The van der Waals surface area contributed by atoms with Gasteiger partial charge in [0.2, 0.25) is 6.26 Å². The molecule has 1 N–H and O–H groups in total. The van der Waals surface area contributed by atoms with Crippen LogP contribution in [-0.4, -0.2) is 5.87 Å². The van der Waals surface area contributed by atoms with Gasteiger partial charge in [-0.05, 0) is 0 Å². The van der Waals surface area contributed by atoms with Gasteiger partial charge in [0.1, 0.15) is 0 Å². The number of hydrogen-bond donors (Lipinski definition) is 1. The Morgan fingerprint density at radius 3 is 2.25 bits per heavy atom. The van der Waals surface area contributed by atoms with Crippen LogP contribution in [0.5, 0.6) is 0 Å². The molecule has 0 amide bonds. The number of hydrogen-bond acceptors (Lipinski definition) is 1. The molecule has 0 unspecified atom stereocenters. The molecule has 1 radical (unpaired) electrons. The summed E-state index contributed by atoms with van der Waals surface area (Å²) in [5, 5.41) is 14.7. The van der Waals surface area contributed by atoms with Gasteiger partial charge in [0, 0.05) is 5.87 Å². The Bertz CT molecular complexity index is 44.0. The van der Waals surface area contributed by atoms with Crippen molar-refractivity contribution in [2.24, 2.45) is 0 Å². The first-order valence-corrected chi connectivity index (χ1v) is 0.774. The topological polar surface area (TPSA) is 43.8 Å². The summed E-state index contributed by atoms with van der Waals surface area (Å²) in [5.41, 5.74) is 0. The first-order valence-electron chi connectivity index (χ1n) is 0.774. The molecule has 0 spiro atoms. The van der Waals surface area contributed by atoms with Crippen LogP contribution >= 0.6 is 0 Å². The molecule has 0 saturated carbocycles. The SMILES string of the molecule is N=C=C[O]. The molecule has 0 aromatic heterocycles. The second-order valence-electron chi connectivity index (χ2n) is 0.262. The minimum Gasteiger partial charge on any atom is -0.288 e. The molecule has 0 heterocycles. The van der Waals surface area contributed by atoms with Crippen molar-refractivity contribution in [1.82, 2.24) is 0 Å². The zero-order chi connectivity index (χ0) is 3.41. The van der Waals surface area contributed by atoms with Gasteiger partial charge < -0.3 is 0 Å². The average Bonchev–Trinajstić information content (AvgIpc) is 1.37. The van der Waals surface area contributed by atoms with Gasteiger partial charge in [-0.2, -0.15) is 0 Å². The van der Waals surface area contributed by atoms with E-state index in [0.717, 1.165) is 0 Å². The van der Waals surface area contributed by atoms with Crippen molar-refractivity contribution in [3.63, 3.8) is 0 Å². The van der Waals surface area contributed by atoms with Crippen LogP contribution in [-0.2, 0) is 5.11 Å². The predicted molar refractivity (Wildman–Crippen MR) is 13.0 cm³/mol. The van der Waals surface area contributed by atoms with E-state index in [1.807, 2.05) is 0 Å². The second kappa shape index (κ2) is 2.25. The van der Waals surface area contributed by atoms with Crippen LogP contribution in [0.2, 0.25) is 0 Å². The summed E-state index contributed by atoms with van der Waals surface area (Å²) in [6.07, 6.45) is 0.292. The summed E-state index contributed by atoms with van der Waals surface area (Å²) in [6, 6.07) is 0. The molecule has 0 aromatic carbocycles. The van der Waals surface area contributed by atoms with Crippen LogP contribution in [0, 0.1) is 5.41 Å². The van der Waals surface area contributed by atoms with Crippen molar-refractivity contribution < 1.29 is 5.11 Å². The van der Waals surface area contributed by atoms with Crippen LogP contribution in [0.25, 0.3) is 0 Å². The average molecular weight is 56.0 g/mol. The molecular weight excluding hydrogens is 54.0 g/mol. The van der Waals surface area contributed by atoms with E-state index in [1.165, 1.54) is 5.87 Å². The van der Waals surface area contributed by atoms with E-state index in [4.69, 9.17) is 10.5 Å². The summed E-state index contributed by atoms with van der Waals surface area (Å²) >= 11 is 0. The van der Waals surface area contributed by atoms with Crippen molar-refractivity contribution in [2.45, 2.75) is 0 Å². The van der Waals surface area contributed by atoms with Crippen LogP contribution < -0.4 is 0 Å². The normalized spacial score (nSPS) is 4.00. The molecule has 0 aliphatic rings. The molecule has 0 saturated heterocycles. The fourth-order valence-corrected chi connectivity index (χ4v) is 0. The van der Waals surface area contributed by atoms with Gasteiger partial charge >= 0.3 is 0 Å². The maximum Gasteiger partial charge on any atom is 0.203 e. The van der Waals surface area contributed by atoms with Crippen molar-refractivity contribution in [3.05, 3.63) is 6.26 Å². The lowest BCUT2D eigenvalue weighted by molar-refractivity contribution is 0.358. The van der Waals surface area contributed by atoms with E-state index in [9.17, 15) is 0 Å². The molecule has 0 rings (SSSR count). The quantitative estimate of drug-likeness (QED) is 0.304. The second-order valence-corrected chi connectivity index (χ2v) is 0.262. The molecule has 0 aliphatic carbocycles. The van der Waals surface area contributed by atoms with Gasteiger partial charge in [-0.3, -0.25) is 10.5 Å². The fraction of sp³-hybridized carbons (Fsp3) is 0. The summed E-state index contributed by atoms with van der Waals surface area (Å²) in [6.45, 7) is 0. The van der Waals surface area contributed by atoms with Gasteiger partial charge in [0.15, 0.2) is 0 Å². The molecule has 21 valence electrons. The Hall–Kier alpha value is -0.750. The summed E-state index contributed by atoms with van der Waals surface area (Å²) in [5.74, 6) is 1.50. The highest BCUT2D eigenvalue weighted by Gasteiger charge is 1.33. The molecule has 0 fully saturated rings. The van der Waals surface area contributed by atoms with Crippen LogP contribution in [0.4, 0.5) is 0 Å². The maximum atomic E-state index is 8.88. The van der Waals surface area contributed by atoms with Crippen molar-refractivity contribution >= 4 is 5.87 Å². The third-order valence-corrected chi connectivity index (χ3v) is 0.0589. The van der Waals surface area contributed by atoms with E-state index in [1.54, 1.807) is 0 Å². The lowest BCUT2D eigenvalue weighted by Crippen LogP contribution is -1.35. The zero-order valence-electron chi connectivity index (χ0n) is 1.99. The Morgan fingerprint density at radius 2 is 2.25 bits per heavy atom. The summed E-state index contributed by atoms with van der Waals surface area (Å²) in [4.78, 5) is 0. The van der Waals surface area contributed by atoms with Gasteiger partial charge in [0.05, 0.1) is 0 Å². The maximum absolute atomic E-state index is 8.88. The first-order chi connectivity index (χ1) is 1.91. The third kappa shape index (κ3) is 1.25. The Morgan fingerprint density at radius 1 is 2.00 bits per heavy atom. The van der Waals surface area contributed by atoms with Crippen molar-refractivity contribution in [3.8, 4) is 0 Å². The largest absolute Gasteiger partial charge is 0.288 e. The van der Waals surface area contributed by atoms with E-state index < -0.39 is 0 Å². The molecule has 2 heteroatoms. The molecular formula is C2H2NO. The van der Waals surface area contributed by atoms with E-state index in [-0.39, 0.29) is 0 Å². The highest BCUT2D eigenvalue weighted by atomic mass is 16.2. The van der Waals surface area contributed by atoms with Crippen LogP contribution in [0.3, 0.4) is 0 Å². The first kappa shape index (κ1) is 3.25. The zero-order valence-corrected chi connectivity index (χ0v) is 1.99. The number of nitrogens with one attached hydrogen (secondary N) is 1. The Kier molecular flexibility index (Phi) is 1.83. The smallest absolute Gasteiger partial charge is 0.203 e. The van der Waals surface area contributed by atoms with Crippen molar-refractivity contribution in [1.29, 1.82) is 5.41 Å². The Balaban J connectivity index is 3.11. The standard InChI is InChI=1S/C2H2NO/c3-1-2-4/h2-3H. The monoisotopic (exact) mass is 56.0 g/mol. The van der Waals surface area contributed by atoms with E-state index in [0.29, 0.717) is 6.26 Å². The van der Waals surface area contributed by atoms with Crippen LogP contribution in [0.15, 0.2) is 6.26 Å². The minimum atomic E-state index is 0.292. The molecule has 2 nitrogen and oxygen atoms in total. The molecule has 4 heavy (non-hydrogen) atoms. The van der Waals surface area contributed by atoms with Gasteiger partial charge in [-0.15, -0.1) is 0 Å². The molecule has 0 bridgehead atoms. The van der Waals surface area contributed by atoms with Crippen LogP contribution in [0.1, 0.15) is 0 Å². The van der Waals surface area contributed by atoms with Gasteiger partial charge in [-0.25, -0.2) is 0 Å². The molecule has 0 atom stereocenters. The summed E-state index contributed by atoms with van der Waals surface area (Å²) < 4.78 is 0. The van der Waals surface area contributed by atoms with E-state index in [2.05, 4.69) is 0 Å². The number of rotatable bonds is 0. The third-order valence-electron chi connectivity index (χ3n) is 0.0589. The van der Waals surface area contributed by atoms with Crippen molar-refractivity contribution in [2.75, 3.05) is 0 Å². The Labute approximate surface area is 23.9 Å². The minimum absolute atomic E-state index is 0.292. The summed E-state index contributed by atoms with van der Waals surface area (Å²) in [7, 11) is 0. The lowest BCUT2D eigenvalue weighted by atomic mass is 11.1. The lowest BCUT2D eigenvalue weighted by Gasteiger charge is -1.33. The molecule has 0 aliphatic heterocycles. The fourth-order valence-electron chi connectivity index (χ4n) is 0. The highest BCUT2D eigenvalue weighted by Crippen LogP contribution is 1.30. The van der Waals surface area contributed by atoms with E-state index >= 15 is 0 Å². The van der Waals surface area contributed by atoms with Gasteiger partial charge in [0.25, 0.3) is 0 Å².